The van der Waals surface area contributed by atoms with Crippen LogP contribution in [0.3, 0.4) is 0 Å². The Kier molecular flexibility index (Phi) is 5.12. The monoisotopic (exact) mass is 411 g/mol. The second-order valence-corrected chi connectivity index (χ2v) is 8.44. The lowest BCUT2D eigenvalue weighted by Gasteiger charge is -2.19. The molecule has 0 spiro atoms. The molecule has 7 heteroatoms. The molecule has 5 nitrogen and oxygen atoms in total. The number of benzene rings is 2. The quantitative estimate of drug-likeness (QED) is 0.656. The van der Waals surface area contributed by atoms with Crippen LogP contribution in [0, 0.1) is 0 Å². The fourth-order valence-corrected chi connectivity index (χ4v) is 3.98. The number of nitrogens with zero attached hydrogens (tertiary/aromatic N) is 1. The minimum Gasteiger partial charge on any atom is -0.490 e. The summed E-state index contributed by atoms with van der Waals surface area (Å²) in [4.78, 5) is 0. The third-order valence-corrected chi connectivity index (χ3v) is 6.07. The molecule has 2 aromatic carbocycles. The Morgan fingerprint density at radius 2 is 1.96 bits per heavy atom. The summed E-state index contributed by atoms with van der Waals surface area (Å²) in [6.45, 7) is 1.24. The van der Waals surface area contributed by atoms with Gasteiger partial charge in [-0.2, -0.15) is 0 Å². The van der Waals surface area contributed by atoms with Crippen molar-refractivity contribution in [2.24, 2.45) is 0 Å². The summed E-state index contributed by atoms with van der Waals surface area (Å²) in [5.41, 5.74) is 1.33. The summed E-state index contributed by atoms with van der Waals surface area (Å²) in [5, 5.41) is 0. The first kappa shape index (κ1) is 17.3. The van der Waals surface area contributed by atoms with Crippen LogP contribution in [0.5, 0.6) is 5.75 Å². The van der Waals surface area contributed by atoms with Crippen LogP contribution in [-0.4, -0.2) is 34.8 Å². The molecular formula is C17H18BrNO4S. The molecule has 1 aliphatic rings. The van der Waals surface area contributed by atoms with E-state index in [0.717, 1.165) is 11.1 Å². The van der Waals surface area contributed by atoms with Gasteiger partial charge in [-0.15, -0.1) is 0 Å². The number of hydrogen-bond acceptors (Lipinski definition) is 4. The SMILES string of the molecule is CN(c1ccccc1)S(=O)(=O)Cc1ccc(OCC2CO2)c(Br)c1. The first-order valence-electron chi connectivity index (χ1n) is 7.50. The Balaban J connectivity index is 1.71. The lowest BCUT2D eigenvalue weighted by atomic mass is 10.2. The molecule has 1 atom stereocenters. The van der Waals surface area contributed by atoms with E-state index in [4.69, 9.17) is 9.47 Å². The largest absolute Gasteiger partial charge is 0.490 e. The molecule has 1 heterocycles. The van der Waals surface area contributed by atoms with E-state index in [1.165, 1.54) is 4.31 Å². The topological polar surface area (TPSA) is 59.1 Å². The van der Waals surface area contributed by atoms with Gasteiger partial charge >= 0.3 is 0 Å². The van der Waals surface area contributed by atoms with E-state index in [1.807, 2.05) is 18.2 Å². The lowest BCUT2D eigenvalue weighted by Crippen LogP contribution is -2.27. The van der Waals surface area contributed by atoms with Gasteiger partial charge in [0.1, 0.15) is 18.5 Å². The molecule has 1 unspecified atom stereocenters. The molecule has 0 amide bonds. The summed E-state index contributed by atoms with van der Waals surface area (Å²) in [6, 6.07) is 14.3. The first-order valence-corrected chi connectivity index (χ1v) is 9.90. The zero-order chi connectivity index (χ0) is 17.2. The van der Waals surface area contributed by atoms with Crippen molar-refractivity contribution in [2.75, 3.05) is 24.6 Å². The molecule has 0 radical (unpaired) electrons. The molecule has 1 aliphatic heterocycles. The average molecular weight is 412 g/mol. The van der Waals surface area contributed by atoms with E-state index < -0.39 is 10.0 Å². The highest BCUT2D eigenvalue weighted by atomic mass is 79.9. The minimum atomic E-state index is -3.46. The van der Waals surface area contributed by atoms with Crippen molar-refractivity contribution in [2.45, 2.75) is 11.9 Å². The number of hydrogen-bond donors (Lipinski definition) is 0. The molecule has 3 rings (SSSR count). The zero-order valence-corrected chi connectivity index (χ0v) is 15.6. The maximum absolute atomic E-state index is 12.6. The van der Waals surface area contributed by atoms with Crippen LogP contribution in [0.1, 0.15) is 5.56 Å². The van der Waals surface area contributed by atoms with Crippen LogP contribution >= 0.6 is 15.9 Å². The fourth-order valence-electron chi connectivity index (χ4n) is 2.20. The highest BCUT2D eigenvalue weighted by Crippen LogP contribution is 2.28. The number of para-hydroxylation sites is 1. The van der Waals surface area contributed by atoms with E-state index in [2.05, 4.69) is 15.9 Å². The van der Waals surface area contributed by atoms with Gasteiger partial charge in [0.15, 0.2) is 0 Å². The van der Waals surface area contributed by atoms with Crippen LogP contribution in [0.15, 0.2) is 53.0 Å². The van der Waals surface area contributed by atoms with Gasteiger partial charge in [-0.25, -0.2) is 8.42 Å². The van der Waals surface area contributed by atoms with Crippen molar-refractivity contribution < 1.29 is 17.9 Å². The Hall–Kier alpha value is -1.57. The third kappa shape index (κ3) is 4.28. The van der Waals surface area contributed by atoms with Crippen molar-refractivity contribution >= 4 is 31.6 Å². The summed E-state index contributed by atoms with van der Waals surface area (Å²) >= 11 is 3.43. The maximum Gasteiger partial charge on any atom is 0.239 e. The van der Waals surface area contributed by atoms with Crippen molar-refractivity contribution in [1.29, 1.82) is 0 Å². The van der Waals surface area contributed by atoms with E-state index in [1.54, 1.807) is 37.4 Å². The molecule has 0 N–H and O–H groups in total. The van der Waals surface area contributed by atoms with Crippen LogP contribution in [0.2, 0.25) is 0 Å². The Labute approximate surface area is 150 Å². The molecule has 0 saturated carbocycles. The first-order chi connectivity index (χ1) is 11.5. The standard InChI is InChI=1S/C17H18BrNO4S/c1-19(14-5-3-2-4-6-14)24(20,21)12-13-7-8-17(16(18)9-13)23-11-15-10-22-15/h2-9,15H,10-12H2,1H3. The maximum atomic E-state index is 12.6. The van der Waals surface area contributed by atoms with Gasteiger partial charge in [0, 0.05) is 7.05 Å². The second-order valence-electron chi connectivity index (χ2n) is 5.59. The van der Waals surface area contributed by atoms with Gasteiger partial charge < -0.3 is 9.47 Å². The number of anilines is 1. The highest BCUT2D eigenvalue weighted by Gasteiger charge is 2.24. The number of epoxide rings is 1. The number of sulfonamides is 1. The van der Waals surface area contributed by atoms with Gasteiger partial charge in [0.25, 0.3) is 0 Å². The van der Waals surface area contributed by atoms with E-state index >= 15 is 0 Å². The summed E-state index contributed by atoms with van der Waals surface area (Å²) in [7, 11) is -1.90. The lowest BCUT2D eigenvalue weighted by molar-refractivity contribution is 0.262. The third-order valence-electron chi connectivity index (χ3n) is 3.71. The smallest absolute Gasteiger partial charge is 0.239 e. The number of rotatable bonds is 7. The minimum absolute atomic E-state index is 0.0803. The summed E-state index contributed by atoms with van der Waals surface area (Å²) < 4.78 is 37.9. The average Bonchev–Trinajstić information content (AvgIpc) is 3.38. The summed E-state index contributed by atoms with van der Waals surface area (Å²) in [6.07, 6.45) is 0.177. The van der Waals surface area contributed by atoms with Crippen LogP contribution in [0.4, 0.5) is 5.69 Å². The van der Waals surface area contributed by atoms with Crippen molar-refractivity contribution in [3.8, 4) is 5.75 Å². The predicted octanol–water partition coefficient (Wildman–Crippen LogP) is 3.19. The van der Waals surface area contributed by atoms with E-state index in [9.17, 15) is 8.42 Å². The molecule has 0 aromatic heterocycles. The van der Waals surface area contributed by atoms with Crippen molar-refractivity contribution in [3.05, 3.63) is 58.6 Å². The molecule has 1 fully saturated rings. The van der Waals surface area contributed by atoms with Crippen LogP contribution < -0.4 is 9.04 Å². The van der Waals surface area contributed by atoms with Crippen LogP contribution in [-0.2, 0) is 20.5 Å². The van der Waals surface area contributed by atoms with Crippen molar-refractivity contribution in [3.63, 3.8) is 0 Å². The Morgan fingerprint density at radius 1 is 1.25 bits per heavy atom. The van der Waals surface area contributed by atoms with Gasteiger partial charge in [-0.1, -0.05) is 24.3 Å². The van der Waals surface area contributed by atoms with Crippen molar-refractivity contribution in [1.82, 2.24) is 0 Å². The number of ether oxygens (including phenoxy) is 2. The second kappa shape index (κ2) is 7.13. The Bertz CT molecular complexity index is 807. The van der Waals surface area contributed by atoms with E-state index in [-0.39, 0.29) is 11.9 Å². The van der Waals surface area contributed by atoms with Gasteiger partial charge in [-0.05, 0) is 45.8 Å². The summed E-state index contributed by atoms with van der Waals surface area (Å²) in [5.74, 6) is 0.603. The highest BCUT2D eigenvalue weighted by molar-refractivity contribution is 9.10. The molecule has 0 bridgehead atoms. The van der Waals surface area contributed by atoms with Gasteiger partial charge in [0.05, 0.1) is 22.5 Å². The van der Waals surface area contributed by atoms with E-state index in [0.29, 0.717) is 23.6 Å². The van der Waals surface area contributed by atoms with Gasteiger partial charge in [0.2, 0.25) is 10.0 Å². The van der Waals surface area contributed by atoms with Crippen LogP contribution in [0.25, 0.3) is 0 Å². The predicted molar refractivity (Wildman–Crippen MR) is 96.8 cm³/mol. The molecular weight excluding hydrogens is 394 g/mol. The molecule has 24 heavy (non-hydrogen) atoms. The molecule has 0 aliphatic carbocycles. The fraction of sp³-hybridized carbons (Fsp3) is 0.294. The molecule has 2 aromatic rings. The molecule has 128 valence electrons. The molecule has 1 saturated heterocycles. The Morgan fingerprint density at radius 3 is 2.58 bits per heavy atom. The normalized spacial score (nSPS) is 16.7. The number of halogens is 1. The van der Waals surface area contributed by atoms with Gasteiger partial charge in [-0.3, -0.25) is 4.31 Å². The zero-order valence-electron chi connectivity index (χ0n) is 13.2.